The highest BCUT2D eigenvalue weighted by molar-refractivity contribution is 5.03. The monoisotopic (exact) mass is 1330 g/mol. The minimum atomic E-state index is -1.62. The van der Waals surface area contributed by atoms with Gasteiger partial charge in [0.1, 0.15) is 171 Å². The minimum absolute atomic E-state index is 0.227. The fraction of sp³-hybridized carbons (Fsp3) is 1.00. The van der Waals surface area contributed by atoms with Crippen LogP contribution in [0.1, 0.15) is 0 Å². The van der Waals surface area contributed by atoms with Crippen molar-refractivity contribution in [3.8, 4) is 0 Å². The second-order valence-electron chi connectivity index (χ2n) is 23.0. The van der Waals surface area contributed by atoms with Gasteiger partial charge in [0.05, 0.1) is 46.2 Å². The van der Waals surface area contributed by atoms with Crippen LogP contribution in [0.25, 0.3) is 0 Å². The van der Waals surface area contributed by atoms with Gasteiger partial charge in [-0.25, -0.2) is 0 Å². The topological polar surface area (TPSA) is 400 Å². The summed E-state index contributed by atoms with van der Waals surface area (Å²) in [6.45, 7) is -1.59. The second-order valence-corrected chi connectivity index (χ2v) is 23.0. The summed E-state index contributed by atoms with van der Waals surface area (Å²) in [5.41, 5.74) is 0. The van der Waals surface area contributed by atoms with Crippen molar-refractivity contribution in [3.05, 3.63) is 0 Å². The van der Waals surface area contributed by atoms with Gasteiger partial charge >= 0.3 is 0 Å². The Morgan fingerprint density at radius 1 is 0.187 bits per heavy atom. The molecule has 21 aliphatic rings. The Hall–Kier alpha value is -1.40. The summed E-state index contributed by atoms with van der Waals surface area (Å²) in [5.74, 6) is 0. The molecule has 0 aliphatic carbocycles. The number of aliphatic hydroxyl groups is 7. The number of ether oxygens (including phenoxy) is 28. The van der Waals surface area contributed by atoms with Crippen LogP contribution in [0.2, 0.25) is 0 Å². The van der Waals surface area contributed by atoms with E-state index in [0.717, 1.165) is 0 Å². The van der Waals surface area contributed by atoms with Crippen LogP contribution in [0.4, 0.5) is 0 Å². The molecule has 91 heavy (non-hydrogen) atoms. The molecule has 0 aromatic rings. The van der Waals surface area contributed by atoms with E-state index in [0.29, 0.717) is 0 Å². The van der Waals surface area contributed by atoms with Crippen LogP contribution in [0.5, 0.6) is 0 Å². The lowest BCUT2D eigenvalue weighted by Crippen LogP contribution is -2.69. The number of hydrogen-bond acceptors (Lipinski definition) is 35. The first-order valence-electron chi connectivity index (χ1n) is 30.0. The van der Waals surface area contributed by atoms with E-state index in [1.807, 2.05) is 0 Å². The minimum Gasteiger partial charge on any atom is -0.387 e. The molecule has 35 nitrogen and oxygen atoms in total. The Labute approximate surface area is 528 Å². The molecule has 0 unspecified atom stereocenters. The molecule has 532 valence electrons. The maximum Gasteiger partial charge on any atom is 0.187 e. The summed E-state index contributed by atoms with van der Waals surface area (Å²) in [7, 11) is 18.7. The van der Waals surface area contributed by atoms with Crippen LogP contribution < -0.4 is 0 Å². The van der Waals surface area contributed by atoms with Gasteiger partial charge in [-0.2, -0.15) is 0 Å². The molecule has 21 aliphatic heterocycles. The fourth-order valence-electron chi connectivity index (χ4n) is 13.1. The number of rotatable bonds is 21. The Kier molecular flexibility index (Phi) is 29.3. The van der Waals surface area contributed by atoms with E-state index >= 15 is 0 Å². The van der Waals surface area contributed by atoms with E-state index in [9.17, 15) is 35.7 Å². The predicted molar refractivity (Wildman–Crippen MR) is 295 cm³/mol. The second kappa shape index (κ2) is 35.4. The van der Waals surface area contributed by atoms with Crippen LogP contribution in [0, 0.1) is 0 Å². The molecule has 0 aromatic heterocycles. The van der Waals surface area contributed by atoms with Gasteiger partial charge in [0.15, 0.2) is 44.0 Å². The first kappa shape index (κ1) is 75.4. The maximum absolute atomic E-state index is 12.3. The SMILES string of the molecule is COC[C@H]1O[C@@H]2O[C@H]3[C@@H](O)[C@@H](OC)[C@@H](O[C@H]4[C@@H](O)[C@@H](OC)[C@@H](O[C@H]5[C@@H](O)[C@@H](OC)[C@@H](O[C@H]6[C@@H](O)[C@@H](OC)[C@@H](O[C@H]7[C@@H](O)[C@@H](OC)[C@@H](O[C@H]8[C@@H](O)[C@@H](OC)[C@@H](O[C@H]1[C@@H](O)[C@H]2OC)O[C@@H]8COC)O[C@@H]7COC)O[C@@H]6COC)O[C@@H]5COC)O[C@@H]4COC)O[C@@H]3COC. The highest BCUT2D eigenvalue weighted by Crippen LogP contribution is 2.41. The molecule has 21 fully saturated rings. The molecular weight excluding hydrogens is 1230 g/mol. The first-order valence-corrected chi connectivity index (χ1v) is 30.0. The smallest absolute Gasteiger partial charge is 0.187 e. The van der Waals surface area contributed by atoms with E-state index in [1.54, 1.807) is 0 Å². The lowest BCUT2D eigenvalue weighted by atomic mass is 9.95. The third-order valence-electron chi connectivity index (χ3n) is 17.6. The van der Waals surface area contributed by atoms with E-state index in [2.05, 4.69) is 0 Å². The summed E-state index contributed by atoms with van der Waals surface area (Å²) >= 11 is 0. The van der Waals surface area contributed by atoms with Crippen LogP contribution in [-0.2, 0) is 133 Å². The van der Waals surface area contributed by atoms with Crippen molar-refractivity contribution in [2.24, 2.45) is 0 Å². The molecule has 21 heterocycles. The molecule has 21 rings (SSSR count). The van der Waals surface area contributed by atoms with Crippen molar-refractivity contribution in [1.82, 2.24) is 0 Å². The van der Waals surface area contributed by atoms with Crippen LogP contribution in [0.15, 0.2) is 0 Å². The van der Waals surface area contributed by atoms with Crippen molar-refractivity contribution in [2.75, 3.05) is 146 Å². The van der Waals surface area contributed by atoms with E-state index < -0.39 is 215 Å². The van der Waals surface area contributed by atoms with Crippen molar-refractivity contribution in [3.63, 3.8) is 0 Å². The van der Waals surface area contributed by atoms with Crippen molar-refractivity contribution < 1.29 is 168 Å². The standard InChI is InChI=1S/C56H98O35/c1-64-15-22-36-29(57)43(71-8)50(78-22)86-37-23(16-65-2)80-52(45(73-10)30(37)58)88-39-25(18-67-4)82-54(47(75-12)32(39)60)90-41-27(20-69-6)84-56(49(77-14)34(41)62)91-42-28(21-70-7)83-55(48(76-13)35(42)63)89-40-26(19-68-5)81-53(46(74-11)33(40)61)87-38-24(17-66-3)79-51(85-36)44(72-9)31(38)59/h22-63H,15-21H2,1-14H3/t22-,23-,24-,25-,26-,27-,28-,29-,30-,31-,32-,33-,34-,35-,36-,37-,38-,39-,40-,41-,42-,43-,44-,45-,46-,47-,48-,49-,50-,51-,52-,53-,54-,55-,56-/m1/s1. The molecule has 0 radical (unpaired) electrons. The van der Waals surface area contributed by atoms with Gasteiger partial charge in [-0.3, -0.25) is 0 Å². The summed E-state index contributed by atoms with van der Waals surface area (Å²) < 4.78 is 171. The number of methoxy groups -OCH3 is 14. The molecular formula is C56H98O35. The highest BCUT2D eigenvalue weighted by Gasteiger charge is 2.61. The quantitative estimate of drug-likeness (QED) is 0.0562. The Morgan fingerprint density at radius 2 is 0.297 bits per heavy atom. The Morgan fingerprint density at radius 3 is 0.385 bits per heavy atom. The summed E-state index contributed by atoms with van der Waals surface area (Å²) in [5, 5.41) is 86.2. The van der Waals surface area contributed by atoms with Crippen LogP contribution in [0.3, 0.4) is 0 Å². The molecule has 35 heteroatoms. The summed E-state index contributed by atoms with van der Waals surface area (Å²) in [4.78, 5) is 0. The van der Waals surface area contributed by atoms with Crippen molar-refractivity contribution in [1.29, 1.82) is 0 Å². The third-order valence-corrected chi connectivity index (χ3v) is 17.6. The predicted octanol–water partition coefficient (Wildman–Crippen LogP) is -6.07. The largest absolute Gasteiger partial charge is 0.387 e. The van der Waals surface area contributed by atoms with Crippen molar-refractivity contribution in [2.45, 2.75) is 215 Å². The molecule has 0 aromatic carbocycles. The lowest BCUT2D eigenvalue weighted by molar-refractivity contribution is -0.400. The van der Waals surface area contributed by atoms with E-state index in [-0.39, 0.29) is 46.2 Å². The Balaban J connectivity index is 1.17. The molecule has 0 saturated carbocycles. The van der Waals surface area contributed by atoms with Crippen LogP contribution in [-0.4, -0.2) is 396 Å². The molecule has 14 bridgehead atoms. The van der Waals surface area contributed by atoms with E-state index in [1.165, 1.54) is 99.5 Å². The van der Waals surface area contributed by atoms with E-state index in [4.69, 9.17) is 133 Å². The summed E-state index contributed by atoms with van der Waals surface area (Å²) in [6, 6.07) is 0. The fourth-order valence-corrected chi connectivity index (χ4v) is 13.1. The Bertz CT molecular complexity index is 1680. The first-order chi connectivity index (χ1) is 43.9. The van der Waals surface area contributed by atoms with Gasteiger partial charge in [-0.05, 0) is 0 Å². The molecule has 7 N–H and O–H groups in total. The van der Waals surface area contributed by atoms with Crippen molar-refractivity contribution >= 4 is 0 Å². The van der Waals surface area contributed by atoms with Gasteiger partial charge in [-0.15, -0.1) is 0 Å². The zero-order valence-corrected chi connectivity index (χ0v) is 53.7. The molecule has 35 atom stereocenters. The molecule has 21 saturated heterocycles. The zero-order chi connectivity index (χ0) is 66.0. The molecule has 0 amide bonds. The third kappa shape index (κ3) is 16.3. The van der Waals surface area contributed by atoms with Gasteiger partial charge in [0.2, 0.25) is 0 Å². The van der Waals surface area contributed by atoms with Gasteiger partial charge < -0.3 is 168 Å². The number of aliphatic hydroxyl groups excluding tert-OH is 7. The zero-order valence-electron chi connectivity index (χ0n) is 53.7. The normalized spacial score (nSPS) is 48.7. The average molecular weight is 1330 g/mol. The lowest BCUT2D eigenvalue weighted by Gasteiger charge is -2.51. The summed E-state index contributed by atoms with van der Waals surface area (Å²) in [6.07, 6.45) is -49.4. The van der Waals surface area contributed by atoms with Gasteiger partial charge in [0, 0.05) is 99.5 Å². The molecule has 0 spiro atoms. The number of hydrogen-bond donors (Lipinski definition) is 7. The van der Waals surface area contributed by atoms with Gasteiger partial charge in [-0.1, -0.05) is 0 Å². The van der Waals surface area contributed by atoms with Crippen LogP contribution >= 0.6 is 0 Å². The maximum atomic E-state index is 12.3. The highest BCUT2D eigenvalue weighted by atomic mass is 16.8. The van der Waals surface area contributed by atoms with Gasteiger partial charge in [0.25, 0.3) is 0 Å². The average Bonchev–Trinajstić information content (AvgIpc) is 0.810.